The first-order chi connectivity index (χ1) is 20.5. The first-order valence-corrected chi connectivity index (χ1v) is 14.6. The van der Waals surface area contributed by atoms with E-state index in [1.165, 1.54) is 0 Å². The molecule has 2 aliphatic heterocycles. The molecule has 0 unspecified atom stereocenters. The van der Waals surface area contributed by atoms with Gasteiger partial charge in [-0.1, -0.05) is 48.5 Å². The molecule has 1 aromatic heterocycles. The van der Waals surface area contributed by atoms with E-state index in [4.69, 9.17) is 19.2 Å². The van der Waals surface area contributed by atoms with Crippen molar-refractivity contribution in [3.8, 4) is 28.4 Å². The number of piperidine rings is 1. The zero-order valence-electron chi connectivity index (χ0n) is 24.3. The highest BCUT2D eigenvalue weighted by molar-refractivity contribution is 5.88. The van der Waals surface area contributed by atoms with Gasteiger partial charge in [0.15, 0.2) is 11.5 Å². The molecule has 4 aromatic rings. The summed E-state index contributed by atoms with van der Waals surface area (Å²) in [4.78, 5) is 21.1. The Morgan fingerprint density at radius 1 is 0.905 bits per heavy atom. The van der Waals surface area contributed by atoms with Gasteiger partial charge in [0.2, 0.25) is 5.91 Å². The lowest BCUT2D eigenvalue weighted by Gasteiger charge is -2.41. The lowest BCUT2D eigenvalue weighted by Crippen LogP contribution is -2.51. The fourth-order valence-corrected chi connectivity index (χ4v) is 5.96. The monoisotopic (exact) mass is 563 g/mol. The Kier molecular flexibility index (Phi) is 8.11. The molecule has 0 spiro atoms. The predicted octanol–water partition coefficient (Wildman–Crippen LogP) is 5.69. The number of carbonyl (C=O) groups excluding carboxylic acids is 1. The van der Waals surface area contributed by atoms with E-state index in [0.29, 0.717) is 19.8 Å². The van der Waals surface area contributed by atoms with E-state index in [9.17, 15) is 4.79 Å². The van der Waals surface area contributed by atoms with Gasteiger partial charge in [0.1, 0.15) is 19.0 Å². The molecule has 1 N–H and O–H groups in total. The van der Waals surface area contributed by atoms with Gasteiger partial charge < -0.3 is 19.5 Å². The molecule has 3 aromatic carbocycles. The predicted molar refractivity (Wildman–Crippen MR) is 163 cm³/mol. The van der Waals surface area contributed by atoms with Crippen LogP contribution < -0.4 is 19.5 Å². The number of nitrogens with one attached hydrogen (secondary N) is 1. The number of likely N-dealkylation sites (tertiary alicyclic amines) is 1. The van der Waals surface area contributed by atoms with Crippen LogP contribution in [0.25, 0.3) is 11.1 Å². The highest BCUT2D eigenvalue weighted by Gasteiger charge is 2.42. The minimum Gasteiger partial charge on any atom is -0.497 e. The summed E-state index contributed by atoms with van der Waals surface area (Å²) in [6.45, 7) is 6.03. The minimum absolute atomic E-state index is 0.0683. The van der Waals surface area contributed by atoms with E-state index >= 15 is 0 Å². The Hall–Kier alpha value is -4.36. The molecule has 0 saturated carbocycles. The Bertz CT molecular complexity index is 1530. The molecule has 7 nitrogen and oxygen atoms in total. The Labute approximate surface area is 247 Å². The first-order valence-electron chi connectivity index (χ1n) is 14.6. The maximum absolute atomic E-state index is 14.0. The highest BCUT2D eigenvalue weighted by atomic mass is 16.6. The van der Waals surface area contributed by atoms with Crippen molar-refractivity contribution in [2.24, 2.45) is 0 Å². The van der Waals surface area contributed by atoms with Crippen molar-refractivity contribution in [2.75, 3.05) is 33.4 Å². The summed E-state index contributed by atoms with van der Waals surface area (Å²) in [6, 6.07) is 28.5. The van der Waals surface area contributed by atoms with E-state index in [0.717, 1.165) is 83.4 Å². The molecule has 0 radical (unpaired) electrons. The Balaban J connectivity index is 1.22. The fraction of sp³-hybridized carbons (Fsp3) is 0.314. The van der Waals surface area contributed by atoms with Gasteiger partial charge in [0, 0.05) is 18.8 Å². The van der Waals surface area contributed by atoms with Crippen LogP contribution >= 0.6 is 0 Å². The normalized spacial score (nSPS) is 16.0. The number of ether oxygens (including phenoxy) is 3. The molecule has 1 amide bonds. The lowest BCUT2D eigenvalue weighted by molar-refractivity contribution is -0.129. The van der Waals surface area contributed by atoms with Crippen molar-refractivity contribution >= 4 is 5.91 Å². The smallest absolute Gasteiger partial charge is 0.231 e. The summed E-state index contributed by atoms with van der Waals surface area (Å²) >= 11 is 0. The number of aromatic nitrogens is 1. The summed E-state index contributed by atoms with van der Waals surface area (Å²) in [5, 5.41) is 3.26. The molecule has 1 fully saturated rings. The van der Waals surface area contributed by atoms with E-state index in [-0.39, 0.29) is 5.91 Å². The SMILES string of the molecule is COc1ccc(CNC(=O)C2(c3ccc(-c4ccc5c(c4)OCCO5)cc3)CCN(Cc3cccc(C)n3)CC2)cc1. The second-order valence-corrected chi connectivity index (χ2v) is 11.1. The van der Waals surface area contributed by atoms with E-state index in [1.54, 1.807) is 7.11 Å². The zero-order valence-corrected chi connectivity index (χ0v) is 24.3. The molecule has 6 rings (SSSR count). The van der Waals surface area contributed by atoms with Crippen LogP contribution in [0.4, 0.5) is 0 Å². The summed E-state index contributed by atoms with van der Waals surface area (Å²) < 4.78 is 16.8. The number of rotatable bonds is 8. The zero-order chi connectivity index (χ0) is 28.9. The number of fused-ring (bicyclic) bond motifs is 1. The van der Waals surface area contributed by atoms with Crippen molar-refractivity contribution in [3.63, 3.8) is 0 Å². The third-order valence-electron chi connectivity index (χ3n) is 8.40. The quantitative estimate of drug-likeness (QED) is 0.297. The molecule has 0 bridgehead atoms. The molecule has 3 heterocycles. The van der Waals surface area contributed by atoms with Crippen molar-refractivity contribution < 1.29 is 19.0 Å². The summed E-state index contributed by atoms with van der Waals surface area (Å²) in [5.74, 6) is 2.42. The number of aryl methyl sites for hydroxylation is 1. The van der Waals surface area contributed by atoms with Crippen LogP contribution in [0.1, 0.15) is 35.4 Å². The maximum atomic E-state index is 14.0. The number of amides is 1. The third kappa shape index (κ3) is 5.97. The number of carbonyl (C=O) groups is 1. The second kappa shape index (κ2) is 12.2. The summed E-state index contributed by atoms with van der Waals surface area (Å²) in [6.07, 6.45) is 1.47. The molecule has 1 saturated heterocycles. The Morgan fingerprint density at radius 2 is 1.62 bits per heavy atom. The van der Waals surface area contributed by atoms with Crippen LogP contribution in [0.2, 0.25) is 0 Å². The van der Waals surface area contributed by atoms with Gasteiger partial charge in [-0.05, 0) is 91.5 Å². The summed E-state index contributed by atoms with van der Waals surface area (Å²) in [5.41, 5.74) is 5.69. The van der Waals surface area contributed by atoms with Gasteiger partial charge >= 0.3 is 0 Å². The average Bonchev–Trinajstić information content (AvgIpc) is 3.04. The molecule has 2 aliphatic rings. The lowest BCUT2D eigenvalue weighted by atomic mass is 9.71. The van der Waals surface area contributed by atoms with Crippen molar-refractivity contribution in [3.05, 3.63) is 107 Å². The van der Waals surface area contributed by atoms with Crippen LogP contribution in [0.5, 0.6) is 17.2 Å². The van der Waals surface area contributed by atoms with E-state index in [2.05, 4.69) is 52.7 Å². The standard InChI is InChI=1S/C35H37N3O4/c1-25-4-3-5-30(37-25)24-38-18-16-35(17-19-38,34(39)36-23-26-6-13-31(40-2)14-7-26)29-11-8-27(9-12-29)28-10-15-32-33(22-28)42-21-20-41-32/h3-15,22H,16-21,23-24H2,1-2H3,(H,36,39). The average molecular weight is 564 g/mol. The maximum Gasteiger partial charge on any atom is 0.231 e. The van der Waals surface area contributed by atoms with Crippen LogP contribution in [0.3, 0.4) is 0 Å². The van der Waals surface area contributed by atoms with Gasteiger partial charge in [0.25, 0.3) is 0 Å². The van der Waals surface area contributed by atoms with Crippen LogP contribution in [0, 0.1) is 6.92 Å². The number of hydrogen-bond donors (Lipinski definition) is 1. The van der Waals surface area contributed by atoms with Gasteiger partial charge in [-0.2, -0.15) is 0 Å². The molecule has 7 heteroatoms. The van der Waals surface area contributed by atoms with Crippen molar-refractivity contribution in [2.45, 2.75) is 38.3 Å². The number of benzene rings is 3. The second-order valence-electron chi connectivity index (χ2n) is 11.1. The molecule has 0 atom stereocenters. The highest BCUT2D eigenvalue weighted by Crippen LogP contribution is 2.39. The first kappa shape index (κ1) is 27.8. The van der Waals surface area contributed by atoms with E-state index < -0.39 is 5.41 Å². The third-order valence-corrected chi connectivity index (χ3v) is 8.40. The van der Waals surface area contributed by atoms with Crippen LogP contribution in [-0.2, 0) is 23.3 Å². The van der Waals surface area contributed by atoms with Crippen LogP contribution in [-0.4, -0.2) is 49.2 Å². The van der Waals surface area contributed by atoms with Crippen molar-refractivity contribution in [1.29, 1.82) is 0 Å². The topological polar surface area (TPSA) is 72.9 Å². The molecule has 42 heavy (non-hydrogen) atoms. The molecule has 216 valence electrons. The molecular formula is C35H37N3O4. The fourth-order valence-electron chi connectivity index (χ4n) is 5.96. The van der Waals surface area contributed by atoms with Gasteiger partial charge in [-0.25, -0.2) is 0 Å². The minimum atomic E-state index is -0.617. The molecular weight excluding hydrogens is 526 g/mol. The van der Waals surface area contributed by atoms with Gasteiger partial charge in [0.05, 0.1) is 18.2 Å². The van der Waals surface area contributed by atoms with E-state index in [1.807, 2.05) is 49.4 Å². The summed E-state index contributed by atoms with van der Waals surface area (Å²) in [7, 11) is 1.65. The van der Waals surface area contributed by atoms with Crippen molar-refractivity contribution in [1.82, 2.24) is 15.2 Å². The van der Waals surface area contributed by atoms with Gasteiger partial charge in [-0.15, -0.1) is 0 Å². The number of methoxy groups -OCH3 is 1. The molecule has 0 aliphatic carbocycles. The van der Waals surface area contributed by atoms with Gasteiger partial charge in [-0.3, -0.25) is 14.7 Å². The van der Waals surface area contributed by atoms with Crippen LogP contribution in [0.15, 0.2) is 84.9 Å². The number of nitrogens with zero attached hydrogens (tertiary/aromatic N) is 2. The number of hydrogen-bond acceptors (Lipinski definition) is 6. The Morgan fingerprint density at radius 3 is 2.33 bits per heavy atom. The number of pyridine rings is 1. The largest absolute Gasteiger partial charge is 0.497 e.